The number of aryl methyl sites for hydroxylation is 1. The maximum atomic E-state index is 11.4. The molecule has 0 unspecified atom stereocenters. The van der Waals surface area contributed by atoms with Crippen LogP contribution >= 0.6 is 23.8 Å². The molecule has 2 aromatic carbocycles. The van der Waals surface area contributed by atoms with E-state index in [-0.39, 0.29) is 17.6 Å². The number of aromatic nitrogens is 2. The quantitative estimate of drug-likeness (QED) is 0.184. The molecule has 2 N–H and O–H groups in total. The Hall–Kier alpha value is -3.92. The van der Waals surface area contributed by atoms with Gasteiger partial charge in [-0.15, -0.1) is 0 Å². The first-order valence-electron chi connectivity index (χ1n) is 12.7. The zero-order valence-corrected chi connectivity index (χ0v) is 23.9. The molecule has 1 fully saturated rings. The van der Waals surface area contributed by atoms with Crippen LogP contribution in [0.2, 0.25) is 5.02 Å². The van der Waals surface area contributed by atoms with Crippen molar-refractivity contribution >= 4 is 40.6 Å². The summed E-state index contributed by atoms with van der Waals surface area (Å²) in [7, 11) is 1.62. The molecule has 0 aliphatic carbocycles. The van der Waals surface area contributed by atoms with Crippen LogP contribution in [0.5, 0.6) is 5.75 Å². The molecule has 10 heteroatoms. The van der Waals surface area contributed by atoms with Gasteiger partial charge in [0.15, 0.2) is 5.11 Å². The second kappa shape index (κ2) is 11.7. The molecule has 4 aromatic rings. The van der Waals surface area contributed by atoms with Gasteiger partial charge in [0, 0.05) is 36.1 Å². The number of hydrogen-bond acceptors (Lipinski definition) is 5. The first-order valence-corrected chi connectivity index (χ1v) is 13.5. The van der Waals surface area contributed by atoms with Crippen LogP contribution in [0.1, 0.15) is 45.1 Å². The van der Waals surface area contributed by atoms with Crippen molar-refractivity contribution in [3.8, 4) is 11.4 Å². The van der Waals surface area contributed by atoms with Crippen molar-refractivity contribution < 1.29 is 19.4 Å². The zero-order chi connectivity index (χ0) is 28.4. The van der Waals surface area contributed by atoms with Crippen LogP contribution in [-0.4, -0.2) is 46.1 Å². The third-order valence-corrected chi connectivity index (χ3v) is 7.61. The number of anilines is 1. The fourth-order valence-electron chi connectivity index (χ4n) is 5.18. The van der Waals surface area contributed by atoms with Crippen LogP contribution in [0.25, 0.3) is 5.69 Å². The lowest BCUT2D eigenvalue weighted by atomic mass is 9.96. The average molecular weight is 577 g/mol. The van der Waals surface area contributed by atoms with Crippen molar-refractivity contribution in [2.45, 2.75) is 25.9 Å². The molecule has 0 saturated carbocycles. The number of rotatable bonds is 9. The highest BCUT2D eigenvalue weighted by molar-refractivity contribution is 7.80. The Morgan fingerprint density at radius 2 is 1.82 bits per heavy atom. The van der Waals surface area contributed by atoms with Gasteiger partial charge in [-0.2, -0.15) is 0 Å². The molecule has 2 aromatic heterocycles. The fraction of sp³-hybridized carbons (Fsp3) is 0.233. The summed E-state index contributed by atoms with van der Waals surface area (Å²) in [6, 6.07) is 20.0. The Balaban J connectivity index is 1.59. The van der Waals surface area contributed by atoms with E-state index in [1.54, 1.807) is 25.4 Å². The van der Waals surface area contributed by atoms with Gasteiger partial charge in [0.2, 0.25) is 0 Å². The summed E-state index contributed by atoms with van der Waals surface area (Å²) in [4.78, 5) is 18.1. The van der Waals surface area contributed by atoms with E-state index in [9.17, 15) is 9.90 Å². The average Bonchev–Trinajstić information content (AvgIpc) is 3.44. The number of halogens is 1. The van der Waals surface area contributed by atoms with Crippen molar-refractivity contribution in [3.63, 3.8) is 0 Å². The third-order valence-electron chi connectivity index (χ3n) is 7.00. The van der Waals surface area contributed by atoms with Crippen molar-refractivity contribution in [2.75, 3.05) is 25.2 Å². The standard InChI is InChI=1S/C30H29ClN4O4S/c1-18-16-23(19(2)34(18)21-9-7-20(8-10-21)29(36)37)28-27(25-6-4-5-13-32-25)33-30(40)35(28)22-11-12-26(24(31)17-22)39-15-14-38-3/h4-13,16-17,27-28H,14-15H2,1-3H3,(H,33,40)(H,36,37)/t27-,28+/m1/s1. The minimum atomic E-state index is -0.957. The van der Waals surface area contributed by atoms with Crippen LogP contribution in [0.4, 0.5) is 5.69 Å². The number of methoxy groups -OCH3 is 1. The molecular formula is C30H29ClN4O4S. The van der Waals surface area contributed by atoms with Crippen LogP contribution in [0, 0.1) is 13.8 Å². The van der Waals surface area contributed by atoms with E-state index >= 15 is 0 Å². The van der Waals surface area contributed by atoms with Crippen LogP contribution in [0.3, 0.4) is 0 Å². The normalized spacial score (nSPS) is 16.7. The van der Waals surface area contributed by atoms with Gasteiger partial charge < -0.3 is 29.4 Å². The van der Waals surface area contributed by atoms with Gasteiger partial charge in [0.05, 0.1) is 35.0 Å². The summed E-state index contributed by atoms with van der Waals surface area (Å²) >= 11 is 12.5. The van der Waals surface area contributed by atoms with E-state index in [4.69, 9.17) is 33.3 Å². The Labute approximate surface area is 243 Å². The molecule has 8 nitrogen and oxygen atoms in total. The van der Waals surface area contributed by atoms with E-state index in [1.165, 1.54) is 0 Å². The van der Waals surface area contributed by atoms with E-state index in [2.05, 4.69) is 32.8 Å². The predicted octanol–water partition coefficient (Wildman–Crippen LogP) is 6.04. The number of carbonyl (C=O) groups is 1. The second-order valence-electron chi connectivity index (χ2n) is 9.47. The lowest BCUT2D eigenvalue weighted by Crippen LogP contribution is -2.29. The van der Waals surface area contributed by atoms with E-state index in [1.807, 2.05) is 55.5 Å². The summed E-state index contributed by atoms with van der Waals surface area (Å²) < 4.78 is 13.0. The van der Waals surface area contributed by atoms with Gasteiger partial charge in [-0.05, 0) is 92.3 Å². The van der Waals surface area contributed by atoms with Gasteiger partial charge in [0.1, 0.15) is 12.4 Å². The van der Waals surface area contributed by atoms with Crippen molar-refractivity contribution in [3.05, 3.63) is 106 Å². The first kappa shape index (κ1) is 27.6. The van der Waals surface area contributed by atoms with Crippen LogP contribution in [-0.2, 0) is 4.74 Å². The summed E-state index contributed by atoms with van der Waals surface area (Å²) in [5, 5.41) is 13.9. The number of carboxylic acid groups (broad SMARTS) is 1. The molecule has 1 aliphatic heterocycles. The Kier molecular flexibility index (Phi) is 8.07. The fourth-order valence-corrected chi connectivity index (χ4v) is 5.75. The molecule has 0 spiro atoms. The molecule has 3 heterocycles. The molecule has 40 heavy (non-hydrogen) atoms. The lowest BCUT2D eigenvalue weighted by Gasteiger charge is -2.28. The molecular weight excluding hydrogens is 548 g/mol. The highest BCUT2D eigenvalue weighted by atomic mass is 35.5. The van der Waals surface area contributed by atoms with Crippen molar-refractivity contribution in [2.24, 2.45) is 0 Å². The highest BCUT2D eigenvalue weighted by Gasteiger charge is 2.42. The van der Waals surface area contributed by atoms with Gasteiger partial charge in [-0.25, -0.2) is 4.79 Å². The van der Waals surface area contributed by atoms with Crippen LogP contribution in [0.15, 0.2) is 72.9 Å². The number of nitrogens with one attached hydrogen (secondary N) is 1. The summed E-state index contributed by atoms with van der Waals surface area (Å²) in [5.41, 5.74) is 5.87. The van der Waals surface area contributed by atoms with Gasteiger partial charge >= 0.3 is 5.97 Å². The maximum absolute atomic E-state index is 11.4. The van der Waals surface area contributed by atoms with Crippen molar-refractivity contribution in [1.29, 1.82) is 0 Å². The topological polar surface area (TPSA) is 88.9 Å². The number of thiocarbonyl (C=S) groups is 1. The number of carboxylic acids is 1. The third kappa shape index (κ3) is 5.28. The number of ether oxygens (including phenoxy) is 2. The summed E-state index contributed by atoms with van der Waals surface area (Å²) in [6.45, 7) is 4.94. The molecule has 1 saturated heterocycles. The molecule has 1 aliphatic rings. The zero-order valence-electron chi connectivity index (χ0n) is 22.3. The molecule has 5 rings (SSSR count). The molecule has 2 atom stereocenters. The van der Waals surface area contributed by atoms with Gasteiger partial charge in [0.25, 0.3) is 0 Å². The number of hydrogen-bond donors (Lipinski definition) is 2. The molecule has 0 bridgehead atoms. The summed E-state index contributed by atoms with van der Waals surface area (Å²) in [5.74, 6) is -0.386. The Bertz CT molecular complexity index is 1540. The van der Waals surface area contributed by atoms with E-state index in [0.717, 1.165) is 34.0 Å². The monoisotopic (exact) mass is 576 g/mol. The van der Waals surface area contributed by atoms with Gasteiger partial charge in [-0.3, -0.25) is 4.98 Å². The second-order valence-corrected chi connectivity index (χ2v) is 10.3. The highest BCUT2D eigenvalue weighted by Crippen LogP contribution is 2.45. The largest absolute Gasteiger partial charge is 0.490 e. The maximum Gasteiger partial charge on any atom is 0.335 e. The summed E-state index contributed by atoms with van der Waals surface area (Å²) in [6.07, 6.45) is 1.77. The van der Waals surface area contributed by atoms with Crippen molar-refractivity contribution in [1.82, 2.24) is 14.9 Å². The van der Waals surface area contributed by atoms with E-state index < -0.39 is 5.97 Å². The molecule has 0 radical (unpaired) electrons. The van der Waals surface area contributed by atoms with E-state index in [0.29, 0.717) is 29.1 Å². The predicted molar refractivity (Wildman–Crippen MR) is 159 cm³/mol. The minimum Gasteiger partial charge on any atom is -0.490 e. The SMILES string of the molecule is COCCOc1ccc(N2C(=S)N[C@H](c3ccccn3)[C@@H]2c2cc(C)n(-c3ccc(C(=O)O)cc3)c2C)cc1Cl. The molecule has 206 valence electrons. The number of benzene rings is 2. The minimum absolute atomic E-state index is 0.228. The first-order chi connectivity index (χ1) is 19.3. The van der Waals surface area contributed by atoms with Crippen LogP contribution < -0.4 is 15.0 Å². The lowest BCUT2D eigenvalue weighted by molar-refractivity contribution is 0.0697. The number of aromatic carboxylic acids is 1. The molecule has 0 amide bonds. The Morgan fingerprint density at radius 3 is 2.48 bits per heavy atom. The van der Waals surface area contributed by atoms with Gasteiger partial charge in [-0.1, -0.05) is 17.7 Å². The number of pyridine rings is 1. The number of nitrogens with zero attached hydrogens (tertiary/aromatic N) is 3. The Morgan fingerprint density at radius 1 is 1.07 bits per heavy atom. The smallest absolute Gasteiger partial charge is 0.335 e.